The molecule has 6 atom stereocenters. The molecule has 6 heteroatoms. The van der Waals surface area contributed by atoms with Crippen LogP contribution in [0, 0.1) is 22.7 Å². The maximum Gasteiger partial charge on any atom is 0.309 e. The molecule has 2 N–H and O–H groups in total. The van der Waals surface area contributed by atoms with Gasteiger partial charge < -0.3 is 5.11 Å². The summed E-state index contributed by atoms with van der Waals surface area (Å²) in [5, 5.41) is 19.3. The van der Waals surface area contributed by atoms with Crippen molar-refractivity contribution in [2.24, 2.45) is 22.7 Å². The van der Waals surface area contributed by atoms with Crippen molar-refractivity contribution in [2.45, 2.75) is 83.5 Å². The first-order valence-corrected chi connectivity index (χ1v) is 9.73. The Morgan fingerprint density at radius 3 is 2.65 bits per heavy atom. The number of carbonyl (C=O) groups is 1. The minimum Gasteiger partial charge on any atom is -0.481 e. The van der Waals surface area contributed by atoms with Gasteiger partial charge in [0.25, 0.3) is 0 Å². The molecular formula is C20H30O6. The fourth-order valence-electron chi connectivity index (χ4n) is 6.65. The van der Waals surface area contributed by atoms with Crippen LogP contribution in [0.3, 0.4) is 0 Å². The van der Waals surface area contributed by atoms with E-state index >= 15 is 0 Å². The molecule has 1 spiro atoms. The van der Waals surface area contributed by atoms with Gasteiger partial charge in [-0.25, -0.2) is 14.7 Å². The lowest BCUT2D eigenvalue weighted by molar-refractivity contribution is -0.438. The van der Waals surface area contributed by atoms with E-state index in [0.29, 0.717) is 0 Å². The molecule has 6 nitrogen and oxygen atoms in total. The summed E-state index contributed by atoms with van der Waals surface area (Å²) in [5.74, 6) is -0.322. The number of carboxylic acids is 1. The van der Waals surface area contributed by atoms with Crippen LogP contribution < -0.4 is 0 Å². The second-order valence-electron chi connectivity index (χ2n) is 9.79. The standard InChI is InChI=1S/C20H30O6/c1-17(2,25-23)12-11-20-9-6-14-18(3,15(20)10-13(12)24-26-20)7-5-8-19(14,4)16(21)22/h11,13-15,23H,5-10H2,1-4H3,(H,21,22)/t13-,14+,15+,18+,19-,20-/m0/s1. The highest BCUT2D eigenvalue weighted by molar-refractivity contribution is 5.75. The van der Waals surface area contributed by atoms with Crippen molar-refractivity contribution in [2.75, 3.05) is 0 Å². The summed E-state index contributed by atoms with van der Waals surface area (Å²) in [6.07, 6.45) is 6.85. The lowest BCUT2D eigenvalue weighted by Gasteiger charge is -2.65. The largest absolute Gasteiger partial charge is 0.481 e. The molecule has 0 aromatic rings. The fourth-order valence-corrected chi connectivity index (χ4v) is 6.65. The molecule has 2 heterocycles. The molecule has 3 fully saturated rings. The maximum atomic E-state index is 12.1. The molecule has 2 aliphatic heterocycles. The molecule has 26 heavy (non-hydrogen) atoms. The Balaban J connectivity index is 1.76. The number of carboxylic acid groups (broad SMARTS) is 1. The maximum absolute atomic E-state index is 12.1. The van der Waals surface area contributed by atoms with Crippen LogP contribution in [-0.4, -0.2) is 33.6 Å². The zero-order chi connectivity index (χ0) is 19.0. The molecule has 146 valence electrons. The molecule has 1 saturated heterocycles. The van der Waals surface area contributed by atoms with Gasteiger partial charge in [-0.15, -0.1) is 0 Å². The van der Waals surface area contributed by atoms with Crippen LogP contribution in [0.2, 0.25) is 0 Å². The predicted octanol–water partition coefficient (Wildman–Crippen LogP) is 3.96. The van der Waals surface area contributed by atoms with Crippen LogP contribution in [0.1, 0.15) is 66.2 Å². The quantitative estimate of drug-likeness (QED) is 0.447. The van der Waals surface area contributed by atoms with Crippen molar-refractivity contribution >= 4 is 5.97 Å². The van der Waals surface area contributed by atoms with E-state index in [2.05, 4.69) is 13.0 Å². The number of aliphatic carboxylic acids is 1. The summed E-state index contributed by atoms with van der Waals surface area (Å²) < 4.78 is 0. The molecule has 0 radical (unpaired) electrons. The molecule has 0 amide bonds. The lowest BCUT2D eigenvalue weighted by Crippen LogP contribution is -2.65. The number of fused-ring (bicyclic) bond motifs is 2. The molecule has 0 aromatic carbocycles. The van der Waals surface area contributed by atoms with Crippen molar-refractivity contribution in [3.63, 3.8) is 0 Å². The summed E-state index contributed by atoms with van der Waals surface area (Å²) in [6, 6.07) is 0. The van der Waals surface area contributed by atoms with Gasteiger partial charge in [0.15, 0.2) is 0 Å². The van der Waals surface area contributed by atoms with Crippen molar-refractivity contribution < 1.29 is 29.8 Å². The van der Waals surface area contributed by atoms with Gasteiger partial charge in [-0.1, -0.05) is 13.3 Å². The Hall–Kier alpha value is -0.950. The van der Waals surface area contributed by atoms with E-state index in [9.17, 15) is 15.2 Å². The number of rotatable bonds is 3. The third-order valence-electron chi connectivity index (χ3n) is 8.11. The fraction of sp³-hybridized carbons (Fsp3) is 0.850. The topological polar surface area (TPSA) is 85.2 Å². The van der Waals surface area contributed by atoms with E-state index < -0.39 is 22.6 Å². The van der Waals surface area contributed by atoms with Crippen molar-refractivity contribution in [1.29, 1.82) is 0 Å². The first kappa shape index (κ1) is 18.4. The second-order valence-corrected chi connectivity index (χ2v) is 9.79. The zero-order valence-corrected chi connectivity index (χ0v) is 16.1. The average molecular weight is 366 g/mol. The minimum atomic E-state index is -0.827. The van der Waals surface area contributed by atoms with E-state index in [0.717, 1.165) is 44.1 Å². The van der Waals surface area contributed by atoms with Gasteiger partial charge in [0.2, 0.25) is 0 Å². The van der Waals surface area contributed by atoms with Crippen LogP contribution in [0.25, 0.3) is 0 Å². The first-order valence-electron chi connectivity index (χ1n) is 9.73. The molecular weight excluding hydrogens is 336 g/mol. The predicted molar refractivity (Wildman–Crippen MR) is 93.1 cm³/mol. The van der Waals surface area contributed by atoms with Gasteiger partial charge in [-0.2, -0.15) is 0 Å². The van der Waals surface area contributed by atoms with Crippen molar-refractivity contribution in [3.05, 3.63) is 11.6 Å². The summed E-state index contributed by atoms with van der Waals surface area (Å²) in [7, 11) is 0. The number of hydrogen-bond donors (Lipinski definition) is 2. The molecule has 0 aromatic heterocycles. The molecule has 5 rings (SSSR count). The molecule has 0 unspecified atom stereocenters. The van der Waals surface area contributed by atoms with Crippen LogP contribution in [0.15, 0.2) is 11.6 Å². The summed E-state index contributed by atoms with van der Waals surface area (Å²) in [6.45, 7) is 7.83. The second kappa shape index (κ2) is 5.53. The monoisotopic (exact) mass is 366 g/mol. The van der Waals surface area contributed by atoms with E-state index in [1.807, 2.05) is 20.8 Å². The lowest BCUT2D eigenvalue weighted by atomic mass is 9.43. The average Bonchev–Trinajstić information content (AvgIpc) is 2.61. The van der Waals surface area contributed by atoms with Gasteiger partial charge in [-0.3, -0.25) is 10.1 Å². The van der Waals surface area contributed by atoms with Gasteiger partial charge >= 0.3 is 5.97 Å². The normalized spacial score (nSPS) is 47.7. The summed E-state index contributed by atoms with van der Waals surface area (Å²) in [4.78, 5) is 28.4. The Bertz CT molecular complexity index is 657. The van der Waals surface area contributed by atoms with E-state index in [-0.39, 0.29) is 23.4 Å². The van der Waals surface area contributed by atoms with Crippen molar-refractivity contribution in [3.8, 4) is 0 Å². The first-order chi connectivity index (χ1) is 12.1. The molecule has 2 saturated carbocycles. The third-order valence-corrected chi connectivity index (χ3v) is 8.11. The van der Waals surface area contributed by atoms with Gasteiger partial charge in [0.05, 0.1) is 5.41 Å². The smallest absolute Gasteiger partial charge is 0.309 e. The highest BCUT2D eigenvalue weighted by Crippen LogP contribution is 2.67. The summed E-state index contributed by atoms with van der Waals surface area (Å²) >= 11 is 0. The third kappa shape index (κ3) is 2.22. The molecule has 5 aliphatic rings. The van der Waals surface area contributed by atoms with E-state index in [4.69, 9.17) is 14.7 Å². The van der Waals surface area contributed by atoms with Gasteiger partial charge in [0.1, 0.15) is 17.3 Å². The van der Waals surface area contributed by atoms with Crippen LogP contribution in [0.4, 0.5) is 0 Å². The Morgan fingerprint density at radius 2 is 2.00 bits per heavy atom. The van der Waals surface area contributed by atoms with Crippen LogP contribution in [-0.2, 0) is 19.5 Å². The molecule has 2 bridgehead atoms. The zero-order valence-electron chi connectivity index (χ0n) is 16.1. The van der Waals surface area contributed by atoms with E-state index in [1.54, 1.807) is 0 Å². The Labute approximate surface area is 154 Å². The van der Waals surface area contributed by atoms with Crippen LogP contribution >= 0.6 is 0 Å². The van der Waals surface area contributed by atoms with Gasteiger partial charge in [-0.05, 0) is 75.9 Å². The molecule has 3 aliphatic carbocycles. The Kier molecular flexibility index (Phi) is 3.92. The SMILES string of the molecule is CC(C)(OO)C1=C[C@@]23CC[C@@H]4[C@@](C)(CCC[C@]4(C)C(=O)O)[C@H]2C[C@@H]1OO3. The van der Waals surface area contributed by atoms with E-state index in [1.165, 1.54) is 0 Å². The minimum absolute atomic E-state index is 0.0993. The number of hydrogen-bond acceptors (Lipinski definition) is 5. The van der Waals surface area contributed by atoms with Gasteiger partial charge in [0, 0.05) is 5.92 Å². The van der Waals surface area contributed by atoms with Crippen LogP contribution in [0.5, 0.6) is 0 Å². The highest BCUT2D eigenvalue weighted by atomic mass is 17.2. The van der Waals surface area contributed by atoms with Crippen molar-refractivity contribution in [1.82, 2.24) is 0 Å². The Morgan fingerprint density at radius 1 is 1.27 bits per heavy atom. The highest BCUT2D eigenvalue weighted by Gasteiger charge is 2.67. The summed E-state index contributed by atoms with van der Waals surface area (Å²) in [5.41, 5.74) is -1.24.